The number of nitrogens with zero attached hydrogens (tertiary/aromatic N) is 3. The van der Waals surface area contributed by atoms with Crippen molar-refractivity contribution in [3.05, 3.63) is 24.3 Å². The molecule has 4 rings (SSSR count). The molecule has 2 saturated heterocycles. The van der Waals surface area contributed by atoms with E-state index < -0.39 is 16.1 Å². The van der Waals surface area contributed by atoms with E-state index in [0.717, 1.165) is 6.42 Å². The summed E-state index contributed by atoms with van der Waals surface area (Å²) in [6.07, 6.45) is 7.37. The van der Waals surface area contributed by atoms with Crippen LogP contribution in [0.3, 0.4) is 0 Å². The number of terminal acetylenes is 1. The Labute approximate surface area is 170 Å². The highest BCUT2D eigenvalue weighted by Gasteiger charge is 2.50. The number of benzene rings is 1. The number of nitrogens with one attached hydrogen (secondary N) is 1. The number of methoxy groups -OCH3 is 1. The van der Waals surface area contributed by atoms with Gasteiger partial charge in [0.05, 0.1) is 24.2 Å². The molecule has 154 valence electrons. The number of fused-ring (bicyclic) bond motifs is 3. The van der Waals surface area contributed by atoms with Gasteiger partial charge in [-0.2, -0.15) is 4.31 Å². The molecule has 29 heavy (non-hydrogen) atoms. The van der Waals surface area contributed by atoms with Crippen molar-refractivity contribution in [2.75, 3.05) is 26.8 Å². The molecule has 0 aliphatic carbocycles. The van der Waals surface area contributed by atoms with E-state index in [1.165, 1.54) is 4.31 Å². The zero-order chi connectivity index (χ0) is 20.6. The fourth-order valence-electron chi connectivity index (χ4n) is 4.51. The Hall–Kier alpha value is -2.41. The van der Waals surface area contributed by atoms with Crippen molar-refractivity contribution in [3.8, 4) is 12.3 Å². The molecule has 2 bridgehead atoms. The summed E-state index contributed by atoms with van der Waals surface area (Å²) in [5.41, 5.74) is 1.21. The minimum Gasteiger partial charge on any atom is -0.384 e. The van der Waals surface area contributed by atoms with Crippen LogP contribution in [0.15, 0.2) is 29.4 Å². The smallest absolute Gasteiger partial charge is 0.277 e. The zero-order valence-electron chi connectivity index (χ0n) is 16.2. The van der Waals surface area contributed by atoms with Gasteiger partial charge in [-0.1, -0.05) is 18.1 Å². The van der Waals surface area contributed by atoms with Gasteiger partial charge in [-0.15, -0.1) is 6.42 Å². The van der Waals surface area contributed by atoms with E-state index in [2.05, 4.69) is 15.9 Å². The van der Waals surface area contributed by atoms with Gasteiger partial charge in [0, 0.05) is 25.6 Å². The second-order valence-corrected chi connectivity index (χ2v) is 9.30. The zero-order valence-corrected chi connectivity index (χ0v) is 17.1. The Morgan fingerprint density at radius 1 is 1.34 bits per heavy atom. The lowest BCUT2D eigenvalue weighted by atomic mass is 9.91. The Kier molecular flexibility index (Phi) is 5.34. The maximum Gasteiger partial charge on any atom is 0.277 e. The third kappa shape index (κ3) is 3.41. The number of carbonyl (C=O) groups is 1. The Balaban J connectivity index is 1.81. The van der Waals surface area contributed by atoms with Gasteiger partial charge in [-0.05, 0) is 31.4 Å². The number of carbonyl (C=O) groups excluding carboxylic acids is 1. The Morgan fingerprint density at radius 2 is 2.14 bits per heavy atom. The molecule has 0 radical (unpaired) electrons. The average Bonchev–Trinajstić information content (AvgIpc) is 3.14. The van der Waals surface area contributed by atoms with Gasteiger partial charge in [0.15, 0.2) is 0 Å². The molecule has 2 aliphatic rings. The van der Waals surface area contributed by atoms with E-state index in [9.17, 15) is 13.2 Å². The van der Waals surface area contributed by atoms with Crippen LogP contribution in [0.4, 0.5) is 0 Å². The second kappa shape index (κ2) is 7.78. The molecule has 1 aromatic carbocycles. The maximum absolute atomic E-state index is 13.7. The van der Waals surface area contributed by atoms with Crippen LogP contribution >= 0.6 is 0 Å². The molecule has 9 heteroatoms. The van der Waals surface area contributed by atoms with Crippen LogP contribution in [-0.2, 0) is 19.6 Å². The van der Waals surface area contributed by atoms with Crippen LogP contribution < -0.4 is 0 Å². The average molecular weight is 417 g/mol. The van der Waals surface area contributed by atoms with Crippen molar-refractivity contribution in [2.45, 2.75) is 36.5 Å². The number of aromatic amines is 1. The van der Waals surface area contributed by atoms with Gasteiger partial charge < -0.3 is 14.6 Å². The highest BCUT2D eigenvalue weighted by Crippen LogP contribution is 2.37. The predicted molar refractivity (Wildman–Crippen MR) is 107 cm³/mol. The molecule has 2 aliphatic heterocycles. The summed E-state index contributed by atoms with van der Waals surface area (Å²) >= 11 is 0. The van der Waals surface area contributed by atoms with Crippen LogP contribution in [0, 0.1) is 18.3 Å². The van der Waals surface area contributed by atoms with Gasteiger partial charge in [-0.3, -0.25) is 4.79 Å². The molecule has 0 spiro atoms. The van der Waals surface area contributed by atoms with E-state index in [1.54, 1.807) is 30.2 Å². The number of H-pyrrole nitrogens is 1. The molecule has 3 atom stereocenters. The van der Waals surface area contributed by atoms with Crippen LogP contribution in [0.2, 0.25) is 0 Å². The summed E-state index contributed by atoms with van der Waals surface area (Å²) in [6, 6.07) is 6.02. The molecule has 1 aromatic heterocycles. The first-order valence-corrected chi connectivity index (χ1v) is 11.1. The predicted octanol–water partition coefficient (Wildman–Crippen LogP) is 1.21. The molecule has 1 N–H and O–H groups in total. The molecular weight excluding hydrogens is 392 g/mol. The number of hydrogen-bond donors (Lipinski definition) is 1. The molecule has 2 fully saturated rings. The first-order chi connectivity index (χ1) is 14.0. The minimum absolute atomic E-state index is 0.134. The fraction of sp³-hybridized carbons (Fsp3) is 0.500. The van der Waals surface area contributed by atoms with Crippen molar-refractivity contribution in [3.63, 3.8) is 0 Å². The maximum atomic E-state index is 13.7. The minimum atomic E-state index is -4.02. The topological polar surface area (TPSA) is 95.6 Å². The van der Waals surface area contributed by atoms with E-state index in [0.29, 0.717) is 37.0 Å². The summed E-state index contributed by atoms with van der Waals surface area (Å²) < 4.78 is 34.1. The highest BCUT2D eigenvalue weighted by molar-refractivity contribution is 7.89. The molecule has 3 heterocycles. The second-order valence-electron chi connectivity index (χ2n) is 7.55. The number of hydrogen-bond acceptors (Lipinski definition) is 5. The number of piperidine rings is 1. The fourth-order valence-corrected chi connectivity index (χ4v) is 6.33. The molecule has 3 unspecified atom stereocenters. The van der Waals surface area contributed by atoms with Gasteiger partial charge in [0.2, 0.25) is 11.1 Å². The summed E-state index contributed by atoms with van der Waals surface area (Å²) in [7, 11) is -2.44. The largest absolute Gasteiger partial charge is 0.384 e. The van der Waals surface area contributed by atoms with Gasteiger partial charge in [0.1, 0.15) is 6.04 Å². The monoisotopic (exact) mass is 416 g/mol. The van der Waals surface area contributed by atoms with E-state index in [1.807, 2.05) is 6.07 Å². The van der Waals surface area contributed by atoms with Crippen LogP contribution in [-0.4, -0.2) is 72.4 Å². The van der Waals surface area contributed by atoms with Crippen molar-refractivity contribution in [1.82, 2.24) is 19.2 Å². The van der Waals surface area contributed by atoms with Crippen LogP contribution in [0.5, 0.6) is 0 Å². The Morgan fingerprint density at radius 3 is 2.86 bits per heavy atom. The lowest BCUT2D eigenvalue weighted by molar-refractivity contribution is -0.134. The number of amides is 1. The molecule has 0 saturated carbocycles. The lowest BCUT2D eigenvalue weighted by Crippen LogP contribution is -2.55. The third-order valence-corrected chi connectivity index (χ3v) is 7.52. The van der Waals surface area contributed by atoms with Crippen LogP contribution in [0.25, 0.3) is 11.0 Å². The van der Waals surface area contributed by atoms with Crippen molar-refractivity contribution in [1.29, 1.82) is 0 Å². The quantitative estimate of drug-likeness (QED) is 0.740. The van der Waals surface area contributed by atoms with Crippen molar-refractivity contribution < 1.29 is 17.9 Å². The molecule has 2 aromatic rings. The number of rotatable bonds is 5. The van der Waals surface area contributed by atoms with Gasteiger partial charge >= 0.3 is 0 Å². The lowest BCUT2D eigenvalue weighted by Gasteiger charge is -2.39. The molecular formula is C20H24N4O4S. The van der Waals surface area contributed by atoms with E-state index in [-0.39, 0.29) is 29.6 Å². The first-order valence-electron chi connectivity index (χ1n) is 9.67. The van der Waals surface area contributed by atoms with Gasteiger partial charge in [-0.25, -0.2) is 13.4 Å². The number of para-hydroxylation sites is 2. The third-order valence-electron chi connectivity index (χ3n) is 5.76. The van der Waals surface area contributed by atoms with Crippen molar-refractivity contribution >= 4 is 27.0 Å². The molecule has 8 nitrogen and oxygen atoms in total. The Bertz CT molecular complexity index is 1020. The number of ether oxygens (including phenoxy) is 1. The number of aromatic nitrogens is 2. The molecule has 1 amide bonds. The summed E-state index contributed by atoms with van der Waals surface area (Å²) in [5, 5.41) is -0.134. The van der Waals surface area contributed by atoms with Crippen LogP contribution in [0.1, 0.15) is 19.3 Å². The summed E-state index contributed by atoms with van der Waals surface area (Å²) in [4.78, 5) is 22.0. The normalized spacial score (nSPS) is 25.7. The van der Waals surface area contributed by atoms with Gasteiger partial charge in [0.25, 0.3) is 10.0 Å². The van der Waals surface area contributed by atoms with Crippen molar-refractivity contribution in [2.24, 2.45) is 5.92 Å². The van der Waals surface area contributed by atoms with E-state index in [4.69, 9.17) is 11.2 Å². The summed E-state index contributed by atoms with van der Waals surface area (Å²) in [5.74, 6) is 2.11. The number of sulfonamides is 1. The standard InChI is InChI=1S/C20H24N4O4S/c1-3-11-23-12-14(13-28-2)17-9-6-10-18(19(23)25)24(17)29(26,27)20-21-15-7-4-5-8-16(15)22-20/h1,4-5,7-8,14,17-18H,6,9-13H2,2H3,(H,21,22). The highest BCUT2D eigenvalue weighted by atomic mass is 32.2. The van der Waals surface area contributed by atoms with E-state index >= 15 is 0 Å². The SMILES string of the molecule is C#CCN1CC(COC)C2CCCC(C1=O)N2S(=O)(=O)c1nc2ccccc2[nH]1. The summed E-state index contributed by atoms with van der Waals surface area (Å²) in [6.45, 7) is 0.878. The number of imidazole rings is 1. The first kappa shape index (κ1) is 19.9.